The summed E-state index contributed by atoms with van der Waals surface area (Å²) >= 11 is 4.98. The second-order valence-electron chi connectivity index (χ2n) is 5.71. The van der Waals surface area contributed by atoms with E-state index >= 15 is 0 Å². The Bertz CT molecular complexity index is 986. The summed E-state index contributed by atoms with van der Waals surface area (Å²) in [5.41, 5.74) is 5.56. The molecule has 0 bridgehead atoms. The molecule has 2 N–H and O–H groups in total. The molecule has 28 heavy (non-hydrogen) atoms. The average Bonchev–Trinajstić information content (AvgIpc) is 3.14. The van der Waals surface area contributed by atoms with Crippen LogP contribution in [0.2, 0.25) is 0 Å². The van der Waals surface area contributed by atoms with Crippen molar-refractivity contribution < 1.29 is 17.6 Å². The SMILES string of the molecule is NC(=S)N(Cc1ccccn1)N=Cc1ccc(-c2ccccc2C(F)(F)F)o1. The maximum Gasteiger partial charge on any atom is 0.417 e. The number of alkyl halides is 3. The highest BCUT2D eigenvalue weighted by atomic mass is 32.1. The fraction of sp³-hybridized carbons (Fsp3) is 0.105. The lowest BCUT2D eigenvalue weighted by atomic mass is 10.1. The summed E-state index contributed by atoms with van der Waals surface area (Å²) in [4.78, 5) is 4.17. The van der Waals surface area contributed by atoms with E-state index in [0.717, 1.165) is 6.07 Å². The van der Waals surface area contributed by atoms with Crippen molar-refractivity contribution in [3.05, 3.63) is 77.8 Å². The molecule has 0 saturated heterocycles. The van der Waals surface area contributed by atoms with Gasteiger partial charge in [0.1, 0.15) is 11.5 Å². The van der Waals surface area contributed by atoms with Gasteiger partial charge in [-0.25, -0.2) is 5.01 Å². The number of thiocarbonyl (C=S) groups is 1. The van der Waals surface area contributed by atoms with E-state index in [0.29, 0.717) is 5.69 Å². The van der Waals surface area contributed by atoms with Crippen molar-refractivity contribution in [3.63, 3.8) is 0 Å². The number of hydrogen-bond donors (Lipinski definition) is 1. The van der Waals surface area contributed by atoms with Crippen LogP contribution in [0.15, 0.2) is 70.3 Å². The molecule has 0 spiro atoms. The summed E-state index contributed by atoms with van der Waals surface area (Å²) < 4.78 is 45.1. The number of aromatic nitrogens is 1. The van der Waals surface area contributed by atoms with Gasteiger partial charge in [-0.3, -0.25) is 4.98 Å². The van der Waals surface area contributed by atoms with Crippen LogP contribution in [0.3, 0.4) is 0 Å². The Balaban J connectivity index is 1.81. The van der Waals surface area contributed by atoms with Gasteiger partial charge in [0.2, 0.25) is 0 Å². The maximum atomic E-state index is 13.2. The molecule has 144 valence electrons. The van der Waals surface area contributed by atoms with Gasteiger partial charge in [0.25, 0.3) is 0 Å². The van der Waals surface area contributed by atoms with Gasteiger partial charge in [0, 0.05) is 11.8 Å². The predicted octanol–water partition coefficient (Wildman–Crippen LogP) is 4.44. The van der Waals surface area contributed by atoms with E-state index in [2.05, 4.69) is 10.1 Å². The van der Waals surface area contributed by atoms with Crippen LogP contribution in [-0.4, -0.2) is 21.3 Å². The maximum absolute atomic E-state index is 13.2. The van der Waals surface area contributed by atoms with Crippen molar-refractivity contribution in [1.29, 1.82) is 0 Å². The van der Waals surface area contributed by atoms with Crippen LogP contribution in [-0.2, 0) is 12.7 Å². The van der Waals surface area contributed by atoms with Gasteiger partial charge in [-0.1, -0.05) is 24.3 Å². The summed E-state index contributed by atoms with van der Waals surface area (Å²) in [6.07, 6.45) is -1.52. The molecule has 9 heteroatoms. The fourth-order valence-corrected chi connectivity index (χ4v) is 2.57. The summed E-state index contributed by atoms with van der Waals surface area (Å²) in [7, 11) is 0. The van der Waals surface area contributed by atoms with E-state index in [9.17, 15) is 13.2 Å². The molecule has 0 unspecified atom stereocenters. The van der Waals surface area contributed by atoms with Gasteiger partial charge in [-0.2, -0.15) is 18.3 Å². The van der Waals surface area contributed by atoms with E-state index in [4.69, 9.17) is 22.4 Å². The van der Waals surface area contributed by atoms with Gasteiger partial charge in [0.05, 0.1) is 24.0 Å². The second kappa shape index (κ2) is 8.22. The molecule has 0 aliphatic heterocycles. The minimum Gasteiger partial charge on any atom is -0.455 e. The van der Waals surface area contributed by atoms with Crippen molar-refractivity contribution in [2.24, 2.45) is 10.8 Å². The number of furan rings is 1. The Labute approximate surface area is 164 Å². The molecule has 5 nitrogen and oxygen atoms in total. The number of nitrogens with zero attached hydrogens (tertiary/aromatic N) is 3. The van der Waals surface area contributed by atoms with E-state index in [1.807, 2.05) is 6.07 Å². The normalized spacial score (nSPS) is 11.7. The average molecular weight is 404 g/mol. The first kappa shape index (κ1) is 19.6. The smallest absolute Gasteiger partial charge is 0.417 e. The zero-order chi connectivity index (χ0) is 20.1. The number of nitrogens with two attached hydrogens (primary N) is 1. The van der Waals surface area contributed by atoms with Crippen LogP contribution >= 0.6 is 12.2 Å². The lowest BCUT2D eigenvalue weighted by molar-refractivity contribution is -0.137. The van der Waals surface area contributed by atoms with Crippen molar-refractivity contribution in [1.82, 2.24) is 9.99 Å². The van der Waals surface area contributed by atoms with Crippen molar-refractivity contribution in [2.75, 3.05) is 0 Å². The number of pyridine rings is 1. The highest BCUT2D eigenvalue weighted by molar-refractivity contribution is 7.80. The van der Waals surface area contributed by atoms with Crippen molar-refractivity contribution >= 4 is 23.5 Å². The quantitative estimate of drug-likeness (QED) is 0.387. The molecule has 0 saturated carbocycles. The Kier molecular flexibility index (Phi) is 5.74. The standard InChI is InChI=1S/C19H15F3N4OS/c20-19(21,22)16-7-2-1-6-15(16)17-9-8-14(27-17)11-25-26(18(23)28)12-13-5-3-4-10-24-13/h1-11H,12H2,(H2,23,28). The Morgan fingerprint density at radius 1 is 1.14 bits per heavy atom. The van der Waals surface area contributed by atoms with Crippen molar-refractivity contribution in [2.45, 2.75) is 12.7 Å². The molecule has 3 aromatic rings. The Hall–Kier alpha value is -3.20. The Morgan fingerprint density at radius 2 is 1.89 bits per heavy atom. The molecule has 2 aromatic heterocycles. The number of benzene rings is 1. The number of rotatable bonds is 5. The largest absolute Gasteiger partial charge is 0.455 e. The third-order valence-electron chi connectivity index (χ3n) is 3.74. The highest BCUT2D eigenvalue weighted by Gasteiger charge is 2.34. The molecule has 0 radical (unpaired) electrons. The van der Waals surface area contributed by atoms with E-state index in [-0.39, 0.29) is 28.7 Å². The molecule has 0 fully saturated rings. The summed E-state index contributed by atoms with van der Waals surface area (Å²) in [6.45, 7) is 0.247. The fourth-order valence-electron chi connectivity index (χ4n) is 2.46. The topological polar surface area (TPSA) is 67.7 Å². The summed E-state index contributed by atoms with van der Waals surface area (Å²) in [5, 5.41) is 5.51. The lowest BCUT2D eigenvalue weighted by Crippen LogP contribution is -2.30. The molecule has 0 amide bonds. The molecule has 0 aliphatic carbocycles. The van der Waals surface area contributed by atoms with Gasteiger partial charge in [0.15, 0.2) is 5.11 Å². The number of hydrogen-bond acceptors (Lipinski definition) is 4. The van der Waals surface area contributed by atoms with Crippen LogP contribution in [0.1, 0.15) is 17.0 Å². The lowest BCUT2D eigenvalue weighted by Gasteiger charge is -2.15. The van der Waals surface area contributed by atoms with Crippen molar-refractivity contribution in [3.8, 4) is 11.3 Å². The van der Waals surface area contributed by atoms with Crippen LogP contribution in [0.25, 0.3) is 11.3 Å². The summed E-state index contributed by atoms with van der Waals surface area (Å²) in [5.74, 6) is 0.343. The zero-order valence-corrected chi connectivity index (χ0v) is 15.2. The molecular formula is C19H15F3N4OS. The van der Waals surface area contributed by atoms with Gasteiger partial charge >= 0.3 is 6.18 Å². The summed E-state index contributed by atoms with van der Waals surface area (Å²) in [6, 6.07) is 13.6. The Morgan fingerprint density at radius 3 is 2.57 bits per heavy atom. The molecule has 0 atom stereocenters. The molecule has 1 aromatic carbocycles. The number of halogens is 3. The van der Waals surface area contributed by atoms with Crippen LogP contribution in [0.4, 0.5) is 13.2 Å². The molecular weight excluding hydrogens is 389 g/mol. The first-order valence-corrected chi connectivity index (χ1v) is 8.53. The van der Waals surface area contributed by atoms with Crippen LogP contribution in [0.5, 0.6) is 0 Å². The van der Waals surface area contributed by atoms with E-state index < -0.39 is 11.7 Å². The minimum atomic E-state index is -4.48. The van der Waals surface area contributed by atoms with Gasteiger partial charge in [-0.05, 0) is 42.5 Å². The first-order valence-electron chi connectivity index (χ1n) is 8.12. The number of hydrazone groups is 1. The van der Waals surface area contributed by atoms with Gasteiger partial charge in [-0.15, -0.1) is 0 Å². The minimum absolute atomic E-state index is 0.0242. The van der Waals surface area contributed by atoms with E-state index in [1.165, 1.54) is 41.6 Å². The second-order valence-corrected chi connectivity index (χ2v) is 6.13. The third kappa shape index (κ3) is 4.74. The molecule has 2 heterocycles. The zero-order valence-electron chi connectivity index (χ0n) is 14.4. The highest BCUT2D eigenvalue weighted by Crippen LogP contribution is 2.37. The first-order chi connectivity index (χ1) is 13.3. The molecule has 3 rings (SSSR count). The monoisotopic (exact) mass is 404 g/mol. The van der Waals surface area contributed by atoms with Crippen LogP contribution in [0, 0.1) is 0 Å². The van der Waals surface area contributed by atoms with Crippen LogP contribution < -0.4 is 5.73 Å². The van der Waals surface area contributed by atoms with Gasteiger partial charge < -0.3 is 10.2 Å². The predicted molar refractivity (Wildman–Crippen MR) is 103 cm³/mol. The molecule has 0 aliphatic rings. The van der Waals surface area contributed by atoms with E-state index in [1.54, 1.807) is 18.3 Å². The third-order valence-corrected chi connectivity index (χ3v) is 3.95.